The first kappa shape index (κ1) is 11.5. The van der Waals surface area contributed by atoms with Gasteiger partial charge in [-0.2, -0.15) is 0 Å². The number of hydrogen-bond acceptors (Lipinski definition) is 1. The zero-order valence-electron chi connectivity index (χ0n) is 9.31. The van der Waals surface area contributed by atoms with E-state index in [1.54, 1.807) is 6.07 Å². The van der Waals surface area contributed by atoms with E-state index >= 15 is 0 Å². The highest BCUT2D eigenvalue weighted by Gasteiger charge is 2.13. The van der Waals surface area contributed by atoms with Gasteiger partial charge in [-0.05, 0) is 43.9 Å². The quantitative estimate of drug-likeness (QED) is 0.833. The Labute approximate surface area is 94.9 Å². The molecule has 3 heteroatoms. The van der Waals surface area contributed by atoms with E-state index in [9.17, 15) is 8.78 Å². The van der Waals surface area contributed by atoms with E-state index in [4.69, 9.17) is 0 Å². The molecule has 1 aliphatic rings. The second-order valence-corrected chi connectivity index (χ2v) is 4.42. The molecule has 1 aliphatic heterocycles. The summed E-state index contributed by atoms with van der Waals surface area (Å²) in [5.74, 6) is -0.923. The number of rotatable bonds is 3. The Morgan fingerprint density at radius 2 is 2.12 bits per heavy atom. The fourth-order valence-corrected chi connectivity index (χ4v) is 2.22. The van der Waals surface area contributed by atoms with E-state index in [1.807, 2.05) is 0 Å². The molecule has 0 radical (unpaired) electrons. The molecule has 1 fully saturated rings. The maximum Gasteiger partial charge on any atom is 0.129 e. The van der Waals surface area contributed by atoms with Crippen molar-refractivity contribution in [2.24, 2.45) is 0 Å². The van der Waals surface area contributed by atoms with Gasteiger partial charge >= 0.3 is 0 Å². The summed E-state index contributed by atoms with van der Waals surface area (Å²) in [6, 6.07) is 4.34. The maximum absolute atomic E-state index is 13.3. The van der Waals surface area contributed by atoms with Crippen molar-refractivity contribution in [3.63, 3.8) is 0 Å². The van der Waals surface area contributed by atoms with E-state index in [0.717, 1.165) is 19.0 Å². The fraction of sp³-hybridized carbons (Fsp3) is 0.538. The van der Waals surface area contributed by atoms with Gasteiger partial charge < -0.3 is 5.32 Å². The van der Waals surface area contributed by atoms with Gasteiger partial charge in [-0.15, -0.1) is 0 Å². The van der Waals surface area contributed by atoms with E-state index in [2.05, 4.69) is 5.32 Å². The summed E-state index contributed by atoms with van der Waals surface area (Å²) < 4.78 is 26.0. The number of nitrogens with one attached hydrogen (secondary N) is 1. The van der Waals surface area contributed by atoms with Crippen molar-refractivity contribution < 1.29 is 8.78 Å². The predicted octanol–water partition coefficient (Wildman–Crippen LogP) is 3.04. The second kappa shape index (κ2) is 5.39. The van der Waals surface area contributed by atoms with Crippen molar-refractivity contribution >= 4 is 0 Å². The Kier molecular flexibility index (Phi) is 3.88. The molecule has 1 nitrogen and oxygen atoms in total. The van der Waals surface area contributed by atoms with Crippen LogP contribution in [0.4, 0.5) is 8.78 Å². The van der Waals surface area contributed by atoms with Gasteiger partial charge in [-0.1, -0.05) is 12.5 Å². The molecule has 16 heavy (non-hydrogen) atoms. The first-order chi connectivity index (χ1) is 7.75. The van der Waals surface area contributed by atoms with Gasteiger partial charge in [-0.3, -0.25) is 0 Å². The smallest absolute Gasteiger partial charge is 0.129 e. The van der Waals surface area contributed by atoms with Crippen LogP contribution in [0.15, 0.2) is 18.2 Å². The van der Waals surface area contributed by atoms with Gasteiger partial charge in [0.15, 0.2) is 0 Å². The van der Waals surface area contributed by atoms with Crippen molar-refractivity contribution in [1.82, 2.24) is 5.32 Å². The van der Waals surface area contributed by atoms with Crippen LogP contribution in [-0.2, 0) is 6.42 Å². The third-order valence-electron chi connectivity index (χ3n) is 3.19. The average Bonchev–Trinajstić information content (AvgIpc) is 2.29. The Morgan fingerprint density at radius 1 is 1.25 bits per heavy atom. The molecule has 1 aromatic rings. The second-order valence-electron chi connectivity index (χ2n) is 4.42. The number of benzene rings is 1. The minimum Gasteiger partial charge on any atom is -0.314 e. The number of hydrogen-bond donors (Lipinski definition) is 1. The van der Waals surface area contributed by atoms with Crippen molar-refractivity contribution in [1.29, 1.82) is 0 Å². The molecule has 1 atom stereocenters. The summed E-state index contributed by atoms with van der Waals surface area (Å²) >= 11 is 0. The Morgan fingerprint density at radius 3 is 2.81 bits per heavy atom. The van der Waals surface area contributed by atoms with Crippen LogP contribution in [0, 0.1) is 11.6 Å². The third-order valence-corrected chi connectivity index (χ3v) is 3.19. The number of halogens is 2. The lowest BCUT2D eigenvalue weighted by Gasteiger charge is -2.23. The molecule has 0 aliphatic carbocycles. The first-order valence-electron chi connectivity index (χ1n) is 5.93. The summed E-state index contributed by atoms with van der Waals surface area (Å²) in [5.41, 5.74) is 0.619. The number of aryl methyl sites for hydroxylation is 1. The normalized spacial score (nSPS) is 21.0. The molecule has 1 saturated heterocycles. The third kappa shape index (κ3) is 3.01. The van der Waals surface area contributed by atoms with Crippen molar-refractivity contribution in [2.45, 2.75) is 38.1 Å². The SMILES string of the molecule is Fc1ccc(CCC2CCCCN2)c(F)c1. The summed E-state index contributed by atoms with van der Waals surface area (Å²) in [6.45, 7) is 1.07. The van der Waals surface area contributed by atoms with Crippen LogP contribution in [0.1, 0.15) is 31.2 Å². The monoisotopic (exact) mass is 225 g/mol. The van der Waals surface area contributed by atoms with Crippen LogP contribution in [0.5, 0.6) is 0 Å². The van der Waals surface area contributed by atoms with Gasteiger partial charge in [0.2, 0.25) is 0 Å². The van der Waals surface area contributed by atoms with E-state index in [-0.39, 0.29) is 0 Å². The molecule has 1 aromatic carbocycles. The minimum absolute atomic E-state index is 0.421. The molecule has 1 heterocycles. The topological polar surface area (TPSA) is 12.0 Å². The van der Waals surface area contributed by atoms with E-state index < -0.39 is 11.6 Å². The van der Waals surface area contributed by atoms with Gasteiger partial charge in [0.1, 0.15) is 11.6 Å². The van der Waals surface area contributed by atoms with Crippen LogP contribution < -0.4 is 5.32 Å². The largest absolute Gasteiger partial charge is 0.314 e. The summed E-state index contributed by atoms with van der Waals surface area (Å²) in [5, 5.41) is 3.42. The Hall–Kier alpha value is -0.960. The highest BCUT2D eigenvalue weighted by molar-refractivity contribution is 5.18. The molecule has 0 spiro atoms. The van der Waals surface area contributed by atoms with Gasteiger partial charge in [0.05, 0.1) is 0 Å². The molecule has 1 unspecified atom stereocenters. The predicted molar refractivity (Wildman–Crippen MR) is 60.3 cm³/mol. The molecule has 88 valence electrons. The van der Waals surface area contributed by atoms with Crippen LogP contribution in [0.2, 0.25) is 0 Å². The molecular formula is C13H17F2N. The Bertz CT molecular complexity index is 346. The first-order valence-corrected chi connectivity index (χ1v) is 5.93. The van der Waals surface area contributed by atoms with Crippen LogP contribution in [0.3, 0.4) is 0 Å². The highest BCUT2D eigenvalue weighted by atomic mass is 19.1. The molecule has 2 rings (SSSR count). The zero-order valence-corrected chi connectivity index (χ0v) is 9.31. The van der Waals surface area contributed by atoms with E-state index in [1.165, 1.54) is 25.3 Å². The fourth-order valence-electron chi connectivity index (χ4n) is 2.22. The summed E-state index contributed by atoms with van der Waals surface area (Å²) in [6.07, 6.45) is 5.28. The molecule has 0 aromatic heterocycles. The lowest BCUT2D eigenvalue weighted by atomic mass is 9.98. The standard InChI is InChI=1S/C13H17F2N/c14-11-6-4-10(13(15)9-11)5-7-12-3-1-2-8-16-12/h4,6,9,12,16H,1-3,5,7-8H2. The number of piperidine rings is 1. The summed E-state index contributed by atoms with van der Waals surface area (Å²) in [7, 11) is 0. The molecule has 0 bridgehead atoms. The van der Waals surface area contributed by atoms with Gasteiger partial charge in [-0.25, -0.2) is 8.78 Å². The Balaban J connectivity index is 1.88. The van der Waals surface area contributed by atoms with Crippen LogP contribution in [-0.4, -0.2) is 12.6 Å². The lowest BCUT2D eigenvalue weighted by molar-refractivity contribution is 0.381. The summed E-state index contributed by atoms with van der Waals surface area (Å²) in [4.78, 5) is 0. The minimum atomic E-state index is -0.503. The van der Waals surface area contributed by atoms with Crippen molar-refractivity contribution in [3.05, 3.63) is 35.4 Å². The maximum atomic E-state index is 13.3. The van der Waals surface area contributed by atoms with Gasteiger partial charge in [0, 0.05) is 12.1 Å². The average molecular weight is 225 g/mol. The van der Waals surface area contributed by atoms with E-state index in [0.29, 0.717) is 18.0 Å². The van der Waals surface area contributed by atoms with Gasteiger partial charge in [0.25, 0.3) is 0 Å². The molecule has 1 N–H and O–H groups in total. The molecule has 0 amide bonds. The lowest BCUT2D eigenvalue weighted by Crippen LogP contribution is -2.34. The van der Waals surface area contributed by atoms with Crippen LogP contribution in [0.25, 0.3) is 0 Å². The van der Waals surface area contributed by atoms with Crippen LogP contribution >= 0.6 is 0 Å². The molecule has 0 saturated carbocycles. The highest BCUT2D eigenvalue weighted by Crippen LogP contribution is 2.16. The zero-order chi connectivity index (χ0) is 11.4. The van der Waals surface area contributed by atoms with Crippen molar-refractivity contribution in [3.8, 4) is 0 Å². The van der Waals surface area contributed by atoms with Crippen molar-refractivity contribution in [2.75, 3.05) is 6.54 Å². The molecular weight excluding hydrogens is 208 g/mol.